The number of thioether (sulfide) groups is 1. The van der Waals surface area contributed by atoms with E-state index in [1.54, 1.807) is 50.2 Å². The Hall–Kier alpha value is -2.81. The molecular weight excluding hydrogens is 406 g/mol. The molecule has 0 bridgehead atoms. The summed E-state index contributed by atoms with van der Waals surface area (Å²) in [4.78, 5) is 34.8. The average Bonchev–Trinajstić information content (AvgIpc) is 3.03. The minimum absolute atomic E-state index is 0.0282. The molecule has 160 valence electrons. The van der Waals surface area contributed by atoms with Crippen LogP contribution in [0.25, 0.3) is 0 Å². The Morgan fingerprint density at radius 1 is 1.23 bits per heavy atom. The van der Waals surface area contributed by atoms with Crippen molar-refractivity contribution in [3.05, 3.63) is 47.5 Å². The Balaban J connectivity index is 1.79. The van der Waals surface area contributed by atoms with Crippen molar-refractivity contribution in [2.45, 2.75) is 45.2 Å². The van der Waals surface area contributed by atoms with Crippen LogP contribution in [-0.4, -0.2) is 45.4 Å². The number of hydrogen-bond donors (Lipinski definition) is 0. The van der Waals surface area contributed by atoms with Crippen LogP contribution in [0.15, 0.2) is 30.6 Å². The predicted molar refractivity (Wildman–Crippen MR) is 112 cm³/mol. The number of aryl methyl sites for hydroxylation is 1. The van der Waals surface area contributed by atoms with Crippen LogP contribution in [0.3, 0.4) is 0 Å². The van der Waals surface area contributed by atoms with Gasteiger partial charge in [-0.15, -0.1) is 11.8 Å². The topological polar surface area (TPSA) is 90.9 Å². The van der Waals surface area contributed by atoms with Gasteiger partial charge in [0.15, 0.2) is 11.5 Å². The minimum Gasteiger partial charge on any atom is -0.493 e. The van der Waals surface area contributed by atoms with Gasteiger partial charge in [-0.3, -0.25) is 14.8 Å². The van der Waals surface area contributed by atoms with Crippen molar-refractivity contribution in [3.63, 3.8) is 0 Å². The Morgan fingerprint density at radius 3 is 2.63 bits per heavy atom. The van der Waals surface area contributed by atoms with Gasteiger partial charge in [-0.25, -0.2) is 4.79 Å². The van der Waals surface area contributed by atoms with E-state index < -0.39 is 11.8 Å². The fourth-order valence-corrected chi connectivity index (χ4v) is 4.04. The molecule has 1 aliphatic rings. The summed E-state index contributed by atoms with van der Waals surface area (Å²) >= 11 is 1.52. The summed E-state index contributed by atoms with van der Waals surface area (Å²) in [6.07, 6.45) is 2.56. The fourth-order valence-electron chi connectivity index (χ4n) is 2.86. The largest absolute Gasteiger partial charge is 0.514 e. The third kappa shape index (κ3) is 5.41. The number of carbonyl (C=O) groups is 2. The van der Waals surface area contributed by atoms with E-state index in [0.717, 1.165) is 17.0 Å². The molecule has 2 aromatic rings. The third-order valence-electron chi connectivity index (χ3n) is 4.19. The van der Waals surface area contributed by atoms with Gasteiger partial charge in [0.25, 0.3) is 0 Å². The van der Waals surface area contributed by atoms with Gasteiger partial charge in [0, 0.05) is 6.20 Å². The second-order valence-electron chi connectivity index (χ2n) is 7.81. The van der Waals surface area contributed by atoms with Crippen molar-refractivity contribution in [2.75, 3.05) is 12.9 Å². The van der Waals surface area contributed by atoms with Crippen LogP contribution in [0.5, 0.6) is 11.5 Å². The van der Waals surface area contributed by atoms with Gasteiger partial charge < -0.3 is 19.1 Å². The van der Waals surface area contributed by atoms with E-state index in [0.29, 0.717) is 18.0 Å². The van der Waals surface area contributed by atoms with E-state index in [-0.39, 0.29) is 17.0 Å². The Morgan fingerprint density at radius 2 is 2.00 bits per heavy atom. The zero-order valence-electron chi connectivity index (χ0n) is 17.7. The van der Waals surface area contributed by atoms with E-state index in [1.165, 1.54) is 18.9 Å². The molecule has 1 aliphatic heterocycles. The first-order valence-corrected chi connectivity index (χ1v) is 10.5. The molecule has 0 aliphatic carbocycles. The van der Waals surface area contributed by atoms with E-state index in [4.69, 9.17) is 14.2 Å². The Kier molecular flexibility index (Phi) is 6.50. The molecule has 1 aromatic heterocycles. The molecule has 1 unspecified atom stereocenters. The molecule has 9 heteroatoms. The first kappa shape index (κ1) is 21.9. The second-order valence-corrected chi connectivity index (χ2v) is 8.88. The van der Waals surface area contributed by atoms with Gasteiger partial charge in [0.1, 0.15) is 11.0 Å². The minimum atomic E-state index is -0.807. The van der Waals surface area contributed by atoms with Gasteiger partial charge in [-0.2, -0.15) is 0 Å². The van der Waals surface area contributed by atoms with Crippen LogP contribution >= 0.6 is 11.8 Å². The molecule has 8 nitrogen and oxygen atoms in total. The number of rotatable bonds is 5. The zero-order chi connectivity index (χ0) is 21.9. The standard InChI is InChI=1S/C21H25N3O5S/c1-13-9-23-15(10-22-13)11-24-18(25)12-30-19(24)14-6-7-16(17(8-14)27-5)28-20(26)29-21(2,3)4/h6-10,19H,11-12H2,1-5H3. The van der Waals surface area contributed by atoms with Crippen LogP contribution < -0.4 is 9.47 Å². The van der Waals surface area contributed by atoms with Crippen molar-refractivity contribution >= 4 is 23.8 Å². The van der Waals surface area contributed by atoms with Crippen LogP contribution in [-0.2, 0) is 16.1 Å². The highest BCUT2D eigenvalue weighted by atomic mass is 32.2. The van der Waals surface area contributed by atoms with Gasteiger partial charge in [-0.05, 0) is 45.4 Å². The quantitative estimate of drug-likeness (QED) is 0.520. The third-order valence-corrected chi connectivity index (χ3v) is 5.45. The SMILES string of the molecule is COc1cc(C2SCC(=O)N2Cc2cnc(C)cn2)ccc1OC(=O)OC(C)(C)C. The van der Waals surface area contributed by atoms with Crippen molar-refractivity contribution in [1.29, 1.82) is 0 Å². The van der Waals surface area contributed by atoms with Gasteiger partial charge in [0.05, 0.1) is 37.0 Å². The average molecular weight is 432 g/mol. The molecule has 0 saturated carbocycles. The highest BCUT2D eigenvalue weighted by Gasteiger charge is 2.34. The highest BCUT2D eigenvalue weighted by Crippen LogP contribution is 2.42. The molecule has 0 N–H and O–H groups in total. The summed E-state index contributed by atoms with van der Waals surface area (Å²) in [7, 11) is 1.49. The predicted octanol–water partition coefficient (Wildman–Crippen LogP) is 3.88. The summed E-state index contributed by atoms with van der Waals surface area (Å²) in [5.74, 6) is 1.04. The number of nitrogens with zero attached hydrogens (tertiary/aromatic N) is 3. The molecule has 0 radical (unpaired) electrons. The smallest absolute Gasteiger partial charge is 0.493 e. The summed E-state index contributed by atoms with van der Waals surface area (Å²) < 4.78 is 15.9. The van der Waals surface area contributed by atoms with E-state index in [1.807, 2.05) is 13.0 Å². The lowest BCUT2D eigenvalue weighted by Crippen LogP contribution is -2.28. The van der Waals surface area contributed by atoms with Crippen LogP contribution in [0.2, 0.25) is 0 Å². The van der Waals surface area contributed by atoms with Crippen molar-refractivity contribution < 1.29 is 23.8 Å². The summed E-state index contributed by atoms with van der Waals surface area (Å²) in [5.41, 5.74) is 1.74. The van der Waals surface area contributed by atoms with Crippen molar-refractivity contribution in [3.8, 4) is 11.5 Å². The lowest BCUT2D eigenvalue weighted by molar-refractivity contribution is -0.128. The molecule has 2 heterocycles. The lowest BCUT2D eigenvalue weighted by atomic mass is 10.1. The summed E-state index contributed by atoms with van der Waals surface area (Å²) in [6, 6.07) is 5.22. The molecule has 3 rings (SSSR count). The lowest BCUT2D eigenvalue weighted by Gasteiger charge is -2.24. The van der Waals surface area contributed by atoms with Crippen molar-refractivity contribution in [1.82, 2.24) is 14.9 Å². The monoisotopic (exact) mass is 431 g/mol. The van der Waals surface area contributed by atoms with E-state index in [2.05, 4.69) is 9.97 Å². The molecular formula is C21H25N3O5S. The highest BCUT2D eigenvalue weighted by molar-refractivity contribution is 8.00. The first-order chi connectivity index (χ1) is 14.2. The Labute approximate surface area is 179 Å². The first-order valence-electron chi connectivity index (χ1n) is 9.43. The maximum atomic E-state index is 12.5. The van der Waals surface area contributed by atoms with Gasteiger partial charge in [0.2, 0.25) is 5.91 Å². The maximum Gasteiger partial charge on any atom is 0.514 e. The molecule has 1 aromatic carbocycles. The summed E-state index contributed by atoms with van der Waals surface area (Å²) in [5, 5.41) is -0.204. The number of aromatic nitrogens is 2. The van der Waals surface area contributed by atoms with Crippen molar-refractivity contribution in [2.24, 2.45) is 0 Å². The number of amides is 1. The number of hydrogen-bond acceptors (Lipinski definition) is 8. The zero-order valence-corrected chi connectivity index (χ0v) is 18.5. The number of ether oxygens (including phenoxy) is 3. The van der Waals surface area contributed by atoms with E-state index in [9.17, 15) is 9.59 Å². The van der Waals surface area contributed by atoms with Gasteiger partial charge in [-0.1, -0.05) is 6.07 Å². The molecule has 1 fully saturated rings. The number of benzene rings is 1. The van der Waals surface area contributed by atoms with Crippen LogP contribution in [0.4, 0.5) is 4.79 Å². The van der Waals surface area contributed by atoms with Crippen LogP contribution in [0.1, 0.15) is 43.1 Å². The summed E-state index contributed by atoms with van der Waals surface area (Å²) in [6.45, 7) is 7.51. The Bertz CT molecular complexity index is 927. The molecule has 1 saturated heterocycles. The second kappa shape index (κ2) is 8.91. The maximum absolute atomic E-state index is 12.5. The van der Waals surface area contributed by atoms with Gasteiger partial charge >= 0.3 is 6.16 Å². The van der Waals surface area contributed by atoms with Crippen LogP contribution in [0, 0.1) is 6.92 Å². The molecule has 1 amide bonds. The number of methoxy groups -OCH3 is 1. The number of carbonyl (C=O) groups excluding carboxylic acids is 2. The normalized spacial score (nSPS) is 16.5. The molecule has 0 spiro atoms. The van der Waals surface area contributed by atoms with E-state index >= 15 is 0 Å². The molecule has 1 atom stereocenters. The molecule has 30 heavy (non-hydrogen) atoms. The fraction of sp³-hybridized carbons (Fsp3) is 0.429.